The zero-order chi connectivity index (χ0) is 13.2. The maximum Gasteiger partial charge on any atom is 0.234 e. The lowest BCUT2D eigenvalue weighted by molar-refractivity contribution is -0.132. The van der Waals surface area contributed by atoms with Gasteiger partial charge in [-0.05, 0) is 44.5 Å². The highest BCUT2D eigenvalue weighted by atomic mass is 16.2. The Morgan fingerprint density at radius 1 is 1.44 bits per heavy atom. The Hall–Kier alpha value is -1.35. The number of nitrogens with zero attached hydrogens (tertiary/aromatic N) is 1. The van der Waals surface area contributed by atoms with Gasteiger partial charge in [-0.15, -0.1) is 0 Å². The van der Waals surface area contributed by atoms with Crippen molar-refractivity contribution in [1.82, 2.24) is 5.32 Å². The quantitative estimate of drug-likeness (QED) is 0.884. The summed E-state index contributed by atoms with van der Waals surface area (Å²) in [7, 11) is 3.80. The second-order valence-electron chi connectivity index (χ2n) is 5.37. The number of rotatable bonds is 4. The standard InChI is InChI=1S/C15H22N2O/c1-12-6-4-7-13(10-12)17(3)14(18)15(11-16-2)8-5-9-15/h4,6-7,10,16H,5,8-9,11H2,1-3H3. The summed E-state index contributed by atoms with van der Waals surface area (Å²) in [6.45, 7) is 2.83. The molecule has 0 aliphatic heterocycles. The normalized spacial score (nSPS) is 17.1. The molecule has 0 heterocycles. The van der Waals surface area contributed by atoms with E-state index in [9.17, 15) is 4.79 Å². The van der Waals surface area contributed by atoms with Crippen molar-refractivity contribution in [3.8, 4) is 0 Å². The highest BCUT2D eigenvalue weighted by Gasteiger charge is 2.45. The number of amides is 1. The van der Waals surface area contributed by atoms with Gasteiger partial charge in [0, 0.05) is 19.3 Å². The molecule has 0 bridgehead atoms. The van der Waals surface area contributed by atoms with Crippen LogP contribution in [0.5, 0.6) is 0 Å². The van der Waals surface area contributed by atoms with Crippen LogP contribution in [0.2, 0.25) is 0 Å². The van der Waals surface area contributed by atoms with E-state index in [1.807, 2.05) is 31.1 Å². The number of hydrogen-bond acceptors (Lipinski definition) is 2. The molecule has 1 saturated carbocycles. The number of hydrogen-bond donors (Lipinski definition) is 1. The Morgan fingerprint density at radius 2 is 2.17 bits per heavy atom. The number of aryl methyl sites for hydroxylation is 1. The Morgan fingerprint density at radius 3 is 2.67 bits per heavy atom. The fourth-order valence-corrected chi connectivity index (χ4v) is 2.72. The fraction of sp³-hybridized carbons (Fsp3) is 0.533. The molecule has 0 saturated heterocycles. The first-order valence-corrected chi connectivity index (χ1v) is 6.58. The minimum atomic E-state index is -0.173. The van der Waals surface area contributed by atoms with Gasteiger partial charge < -0.3 is 10.2 Å². The van der Waals surface area contributed by atoms with Crippen LogP contribution in [0, 0.1) is 12.3 Å². The molecule has 0 atom stereocenters. The summed E-state index contributed by atoms with van der Waals surface area (Å²) < 4.78 is 0. The third-order valence-electron chi connectivity index (χ3n) is 3.97. The van der Waals surface area contributed by atoms with E-state index in [1.54, 1.807) is 0 Å². The monoisotopic (exact) mass is 246 g/mol. The van der Waals surface area contributed by atoms with Crippen LogP contribution in [0.1, 0.15) is 24.8 Å². The van der Waals surface area contributed by atoms with Crippen LogP contribution in [0.25, 0.3) is 0 Å². The zero-order valence-corrected chi connectivity index (χ0v) is 11.5. The Balaban J connectivity index is 2.18. The molecule has 3 nitrogen and oxygen atoms in total. The van der Waals surface area contributed by atoms with E-state index in [-0.39, 0.29) is 11.3 Å². The maximum absolute atomic E-state index is 12.6. The summed E-state index contributed by atoms with van der Waals surface area (Å²) in [6.07, 6.45) is 3.17. The number of carbonyl (C=O) groups is 1. The van der Waals surface area contributed by atoms with Crippen molar-refractivity contribution in [2.45, 2.75) is 26.2 Å². The van der Waals surface area contributed by atoms with E-state index < -0.39 is 0 Å². The van der Waals surface area contributed by atoms with Crippen molar-refractivity contribution in [2.24, 2.45) is 5.41 Å². The van der Waals surface area contributed by atoms with Crippen LogP contribution < -0.4 is 10.2 Å². The first-order chi connectivity index (χ1) is 8.59. The largest absolute Gasteiger partial charge is 0.319 e. The molecule has 1 aromatic carbocycles. The van der Waals surface area contributed by atoms with E-state index in [1.165, 1.54) is 5.56 Å². The average molecular weight is 246 g/mol. The SMILES string of the molecule is CNCC1(C(=O)N(C)c2cccc(C)c2)CCC1. The van der Waals surface area contributed by atoms with Crippen LogP contribution in [0.3, 0.4) is 0 Å². The van der Waals surface area contributed by atoms with Crippen molar-refractivity contribution < 1.29 is 4.79 Å². The summed E-state index contributed by atoms with van der Waals surface area (Å²) in [5, 5.41) is 3.16. The lowest BCUT2D eigenvalue weighted by atomic mass is 9.67. The van der Waals surface area contributed by atoms with Crippen molar-refractivity contribution in [3.63, 3.8) is 0 Å². The van der Waals surface area contributed by atoms with Crippen LogP contribution in [-0.4, -0.2) is 26.5 Å². The van der Waals surface area contributed by atoms with Gasteiger partial charge in [-0.1, -0.05) is 18.6 Å². The van der Waals surface area contributed by atoms with Crippen LogP contribution in [-0.2, 0) is 4.79 Å². The third kappa shape index (κ3) is 2.27. The molecule has 0 radical (unpaired) electrons. The predicted molar refractivity (Wildman–Crippen MR) is 74.8 cm³/mol. The highest BCUT2D eigenvalue weighted by Crippen LogP contribution is 2.42. The molecule has 2 rings (SSSR count). The number of benzene rings is 1. The van der Waals surface area contributed by atoms with Gasteiger partial charge in [0.25, 0.3) is 0 Å². The van der Waals surface area contributed by atoms with Gasteiger partial charge in [-0.3, -0.25) is 4.79 Å². The predicted octanol–water partition coefficient (Wildman–Crippen LogP) is 2.35. The van der Waals surface area contributed by atoms with Crippen LogP contribution >= 0.6 is 0 Å². The summed E-state index contributed by atoms with van der Waals surface area (Å²) in [4.78, 5) is 14.4. The Bertz CT molecular complexity index is 438. The number of nitrogens with one attached hydrogen (secondary N) is 1. The van der Waals surface area contributed by atoms with Crippen LogP contribution in [0.15, 0.2) is 24.3 Å². The molecule has 1 N–H and O–H groups in total. The number of anilines is 1. The second-order valence-corrected chi connectivity index (χ2v) is 5.37. The third-order valence-corrected chi connectivity index (χ3v) is 3.97. The van der Waals surface area contributed by atoms with Crippen molar-refractivity contribution in [1.29, 1.82) is 0 Å². The van der Waals surface area contributed by atoms with Crippen molar-refractivity contribution in [2.75, 3.05) is 25.5 Å². The molecule has 1 aliphatic carbocycles. The van der Waals surface area contributed by atoms with E-state index in [4.69, 9.17) is 0 Å². The Labute approximate surface area is 109 Å². The molecule has 18 heavy (non-hydrogen) atoms. The fourth-order valence-electron chi connectivity index (χ4n) is 2.72. The minimum absolute atomic E-state index is 0.173. The van der Waals surface area contributed by atoms with Gasteiger partial charge in [0.05, 0.1) is 5.41 Å². The Kier molecular flexibility index (Phi) is 3.71. The summed E-state index contributed by atoms with van der Waals surface area (Å²) in [5.74, 6) is 0.244. The first-order valence-electron chi connectivity index (χ1n) is 6.58. The molecule has 1 aromatic rings. The van der Waals surface area contributed by atoms with Gasteiger partial charge in [0.15, 0.2) is 0 Å². The van der Waals surface area contributed by atoms with E-state index >= 15 is 0 Å². The summed E-state index contributed by atoms with van der Waals surface area (Å²) in [5.41, 5.74) is 2.00. The zero-order valence-electron chi connectivity index (χ0n) is 11.5. The minimum Gasteiger partial charge on any atom is -0.319 e. The molecular weight excluding hydrogens is 224 g/mol. The molecule has 0 aromatic heterocycles. The lowest BCUT2D eigenvalue weighted by Crippen LogP contribution is -2.51. The van der Waals surface area contributed by atoms with Crippen molar-refractivity contribution in [3.05, 3.63) is 29.8 Å². The topological polar surface area (TPSA) is 32.3 Å². The molecule has 1 fully saturated rings. The van der Waals surface area contributed by atoms with E-state index in [0.29, 0.717) is 0 Å². The van der Waals surface area contributed by atoms with Crippen molar-refractivity contribution >= 4 is 11.6 Å². The van der Waals surface area contributed by atoms with E-state index in [2.05, 4.69) is 24.4 Å². The average Bonchev–Trinajstić information content (AvgIpc) is 2.32. The molecule has 1 amide bonds. The maximum atomic E-state index is 12.6. The highest BCUT2D eigenvalue weighted by molar-refractivity contribution is 5.98. The van der Waals surface area contributed by atoms with Gasteiger partial charge in [-0.25, -0.2) is 0 Å². The van der Waals surface area contributed by atoms with Gasteiger partial charge in [0.2, 0.25) is 5.91 Å². The van der Waals surface area contributed by atoms with E-state index in [0.717, 1.165) is 31.5 Å². The smallest absolute Gasteiger partial charge is 0.234 e. The molecule has 1 aliphatic rings. The lowest BCUT2D eigenvalue weighted by Gasteiger charge is -2.42. The summed E-state index contributed by atoms with van der Waals surface area (Å²) >= 11 is 0. The molecular formula is C15H22N2O. The number of carbonyl (C=O) groups excluding carboxylic acids is 1. The van der Waals surface area contributed by atoms with Gasteiger partial charge in [-0.2, -0.15) is 0 Å². The van der Waals surface area contributed by atoms with Gasteiger partial charge >= 0.3 is 0 Å². The molecule has 0 unspecified atom stereocenters. The van der Waals surface area contributed by atoms with Crippen LogP contribution in [0.4, 0.5) is 5.69 Å². The first kappa shape index (κ1) is 13.1. The second kappa shape index (κ2) is 5.11. The molecule has 3 heteroatoms. The molecule has 0 spiro atoms. The van der Waals surface area contributed by atoms with Gasteiger partial charge in [0.1, 0.15) is 0 Å². The summed E-state index contributed by atoms with van der Waals surface area (Å²) in [6, 6.07) is 8.11. The molecule has 98 valence electrons.